The maximum absolute atomic E-state index is 11.5. The first kappa shape index (κ1) is 17.4. The van der Waals surface area contributed by atoms with Gasteiger partial charge in [-0.05, 0) is 31.1 Å². The zero-order valence-corrected chi connectivity index (χ0v) is 13.9. The van der Waals surface area contributed by atoms with Crippen molar-refractivity contribution in [1.29, 1.82) is 0 Å². The van der Waals surface area contributed by atoms with Crippen LogP contribution in [0.25, 0.3) is 0 Å². The highest BCUT2D eigenvalue weighted by molar-refractivity contribution is 9.09. The van der Waals surface area contributed by atoms with Crippen LogP contribution in [0.5, 0.6) is 0 Å². The van der Waals surface area contributed by atoms with Crippen molar-refractivity contribution in [2.75, 3.05) is 16.8 Å². The number of hydrogen-bond donors (Lipinski definition) is 0. The fraction of sp³-hybridized carbons (Fsp3) is 1.00. The van der Waals surface area contributed by atoms with Crippen LogP contribution < -0.4 is 0 Å². The van der Waals surface area contributed by atoms with E-state index in [1.807, 2.05) is 0 Å². The molecule has 0 aromatic heterocycles. The van der Waals surface area contributed by atoms with Gasteiger partial charge in [-0.2, -0.15) is 0 Å². The van der Waals surface area contributed by atoms with Crippen molar-refractivity contribution in [3.63, 3.8) is 0 Å². The van der Waals surface area contributed by atoms with Crippen LogP contribution in [0.3, 0.4) is 0 Å². The first-order chi connectivity index (χ1) is 7.95. The first-order valence-corrected chi connectivity index (χ1v) is 9.66. The van der Waals surface area contributed by atoms with Gasteiger partial charge in [-0.3, -0.25) is 0 Å². The number of unbranched alkanes of at least 4 members (excludes halogenated alkanes) is 1. The largest absolute Gasteiger partial charge is 0.229 e. The van der Waals surface area contributed by atoms with E-state index in [-0.39, 0.29) is 5.75 Å². The van der Waals surface area contributed by atoms with Crippen LogP contribution in [0.2, 0.25) is 0 Å². The molecule has 0 spiro atoms. The Kier molecular flexibility index (Phi) is 8.73. The molecule has 17 heavy (non-hydrogen) atoms. The standard InChI is InChI=1S/C13H27BrO2S/c1-4-7-9-13(5-2,12-14)10-8-11-17(15,16)6-3/h4-12H2,1-3H3. The topological polar surface area (TPSA) is 34.1 Å². The average Bonchev–Trinajstić information content (AvgIpc) is 2.34. The molecule has 2 nitrogen and oxygen atoms in total. The van der Waals surface area contributed by atoms with E-state index in [9.17, 15) is 8.42 Å². The number of hydrogen-bond acceptors (Lipinski definition) is 2. The number of alkyl halides is 1. The Morgan fingerprint density at radius 1 is 1.06 bits per heavy atom. The van der Waals surface area contributed by atoms with Gasteiger partial charge in [0, 0.05) is 11.1 Å². The molecule has 1 unspecified atom stereocenters. The van der Waals surface area contributed by atoms with Crippen molar-refractivity contribution in [2.45, 2.75) is 59.3 Å². The van der Waals surface area contributed by atoms with Crippen LogP contribution in [0, 0.1) is 5.41 Å². The van der Waals surface area contributed by atoms with Crippen LogP contribution in [0.1, 0.15) is 59.3 Å². The van der Waals surface area contributed by atoms with Gasteiger partial charge in [0.1, 0.15) is 9.84 Å². The summed E-state index contributed by atoms with van der Waals surface area (Å²) in [4.78, 5) is 0. The van der Waals surface area contributed by atoms with Gasteiger partial charge in [-0.25, -0.2) is 8.42 Å². The van der Waals surface area contributed by atoms with Crippen molar-refractivity contribution >= 4 is 25.8 Å². The summed E-state index contributed by atoms with van der Waals surface area (Å²) in [7, 11) is -2.79. The molecule has 4 heteroatoms. The SMILES string of the molecule is CCCCC(CC)(CBr)CCCS(=O)(=O)CC. The van der Waals surface area contributed by atoms with Crippen molar-refractivity contribution in [2.24, 2.45) is 5.41 Å². The Bertz CT molecular complexity index is 282. The monoisotopic (exact) mass is 326 g/mol. The third-order valence-corrected chi connectivity index (χ3v) is 6.68. The molecule has 0 saturated heterocycles. The smallest absolute Gasteiger partial charge is 0.150 e. The van der Waals surface area contributed by atoms with Gasteiger partial charge in [-0.15, -0.1) is 0 Å². The fourth-order valence-corrected chi connectivity index (χ4v) is 3.90. The van der Waals surface area contributed by atoms with Gasteiger partial charge in [-0.1, -0.05) is 49.5 Å². The molecule has 1 atom stereocenters. The summed E-state index contributed by atoms with van der Waals surface area (Å²) >= 11 is 3.61. The van der Waals surface area contributed by atoms with Crippen molar-refractivity contribution in [1.82, 2.24) is 0 Å². The summed E-state index contributed by atoms with van der Waals surface area (Å²) < 4.78 is 22.9. The van der Waals surface area contributed by atoms with Gasteiger partial charge in [0.25, 0.3) is 0 Å². The molecule has 0 N–H and O–H groups in total. The number of halogens is 1. The molecular weight excluding hydrogens is 300 g/mol. The third-order valence-electron chi connectivity index (χ3n) is 3.70. The third kappa shape index (κ3) is 6.80. The quantitative estimate of drug-likeness (QED) is 0.564. The molecule has 0 radical (unpaired) electrons. The van der Waals surface area contributed by atoms with Crippen LogP contribution in [-0.2, 0) is 9.84 Å². The average molecular weight is 327 g/mol. The fourth-order valence-electron chi connectivity index (χ4n) is 2.07. The Balaban J connectivity index is 4.26. The molecule has 0 heterocycles. The molecule has 0 fully saturated rings. The molecule has 0 rings (SSSR count). The van der Waals surface area contributed by atoms with Crippen LogP contribution in [-0.4, -0.2) is 25.3 Å². The van der Waals surface area contributed by atoms with E-state index >= 15 is 0 Å². The maximum atomic E-state index is 11.5. The summed E-state index contributed by atoms with van der Waals surface area (Å²) in [5.74, 6) is 0.625. The van der Waals surface area contributed by atoms with E-state index in [2.05, 4.69) is 29.8 Å². The van der Waals surface area contributed by atoms with Gasteiger partial charge in [0.2, 0.25) is 0 Å². The van der Waals surface area contributed by atoms with Gasteiger partial charge in [0.05, 0.1) is 5.75 Å². The summed E-state index contributed by atoms with van der Waals surface area (Å²) in [6.07, 6.45) is 6.61. The van der Waals surface area contributed by atoms with E-state index in [0.29, 0.717) is 11.2 Å². The van der Waals surface area contributed by atoms with Gasteiger partial charge in [0.15, 0.2) is 0 Å². The highest BCUT2D eigenvalue weighted by Gasteiger charge is 2.26. The second kappa shape index (κ2) is 8.52. The molecule has 0 aliphatic heterocycles. The minimum absolute atomic E-state index is 0.273. The maximum Gasteiger partial charge on any atom is 0.150 e. The number of sulfone groups is 1. The molecule has 0 aliphatic carbocycles. The second-order valence-electron chi connectivity index (χ2n) is 4.93. The highest BCUT2D eigenvalue weighted by Crippen LogP contribution is 2.36. The van der Waals surface area contributed by atoms with E-state index in [0.717, 1.165) is 24.6 Å². The lowest BCUT2D eigenvalue weighted by atomic mass is 9.78. The molecule has 104 valence electrons. The molecule has 0 saturated carbocycles. The Morgan fingerprint density at radius 3 is 2.06 bits per heavy atom. The lowest BCUT2D eigenvalue weighted by molar-refractivity contribution is 0.260. The lowest BCUT2D eigenvalue weighted by Gasteiger charge is -2.31. The summed E-state index contributed by atoms with van der Waals surface area (Å²) in [6.45, 7) is 6.14. The highest BCUT2D eigenvalue weighted by atomic mass is 79.9. The van der Waals surface area contributed by atoms with E-state index in [1.165, 1.54) is 19.3 Å². The van der Waals surface area contributed by atoms with E-state index < -0.39 is 9.84 Å². The van der Waals surface area contributed by atoms with Crippen LogP contribution >= 0.6 is 15.9 Å². The Morgan fingerprint density at radius 2 is 1.65 bits per heavy atom. The minimum atomic E-state index is -2.79. The van der Waals surface area contributed by atoms with Crippen LogP contribution in [0.15, 0.2) is 0 Å². The zero-order valence-electron chi connectivity index (χ0n) is 11.5. The van der Waals surface area contributed by atoms with Gasteiger partial charge < -0.3 is 0 Å². The molecule has 0 aromatic carbocycles. The Hall–Kier alpha value is 0.430. The minimum Gasteiger partial charge on any atom is -0.229 e. The predicted octanol–water partition coefficient (Wildman–Crippen LogP) is 4.18. The van der Waals surface area contributed by atoms with Crippen molar-refractivity contribution in [3.8, 4) is 0 Å². The predicted molar refractivity (Wildman–Crippen MR) is 79.6 cm³/mol. The van der Waals surface area contributed by atoms with E-state index in [4.69, 9.17) is 0 Å². The molecule has 0 bridgehead atoms. The zero-order chi connectivity index (χ0) is 13.4. The first-order valence-electron chi connectivity index (χ1n) is 6.71. The Labute approximate surface area is 116 Å². The number of rotatable bonds is 10. The normalized spacial score (nSPS) is 15.8. The molecular formula is C13H27BrO2S. The van der Waals surface area contributed by atoms with Crippen molar-refractivity contribution < 1.29 is 8.42 Å². The van der Waals surface area contributed by atoms with Crippen LogP contribution in [0.4, 0.5) is 0 Å². The van der Waals surface area contributed by atoms with E-state index in [1.54, 1.807) is 6.92 Å². The molecule has 0 aliphatic rings. The van der Waals surface area contributed by atoms with Gasteiger partial charge >= 0.3 is 0 Å². The summed E-state index contributed by atoms with van der Waals surface area (Å²) in [6, 6.07) is 0. The molecule has 0 amide bonds. The summed E-state index contributed by atoms with van der Waals surface area (Å²) in [5, 5.41) is 0.989. The lowest BCUT2D eigenvalue weighted by Crippen LogP contribution is -2.23. The molecule has 0 aromatic rings. The van der Waals surface area contributed by atoms with Crippen molar-refractivity contribution in [3.05, 3.63) is 0 Å². The summed E-state index contributed by atoms with van der Waals surface area (Å²) in [5.41, 5.74) is 0.305. The second-order valence-corrected chi connectivity index (χ2v) is 7.96.